The fraction of sp³-hybridized carbons (Fsp3) is 0.182. The molecule has 3 aromatic rings. The van der Waals surface area contributed by atoms with Crippen LogP contribution in [0.25, 0.3) is 0 Å². The van der Waals surface area contributed by atoms with Crippen LogP contribution in [-0.4, -0.2) is 27.5 Å². The summed E-state index contributed by atoms with van der Waals surface area (Å²) in [5, 5.41) is 6.07. The Morgan fingerprint density at radius 3 is 2.27 bits per heavy atom. The molecule has 2 aromatic carbocycles. The zero-order valence-electron chi connectivity index (χ0n) is 16.7. The van der Waals surface area contributed by atoms with E-state index in [-0.39, 0.29) is 17.3 Å². The monoisotopic (exact) mass is 519 g/mol. The van der Waals surface area contributed by atoms with Crippen LogP contribution in [0, 0.1) is 5.92 Å². The number of halogens is 2. The van der Waals surface area contributed by atoms with Crippen molar-refractivity contribution >= 4 is 69.7 Å². The SMILES string of the molecule is O=C(Cn1c2c(sc1=O)[C@@H](c1ccc(Cl)cc1)C1C(=O)NC(=O)C1S2)Nc1ccc(Cl)cc1. The second-order valence-electron chi connectivity index (χ2n) is 7.63. The third-order valence-electron chi connectivity index (χ3n) is 5.55. The molecule has 2 aliphatic heterocycles. The molecule has 11 heteroatoms. The molecule has 2 aliphatic rings. The maximum atomic E-state index is 12.9. The van der Waals surface area contributed by atoms with Gasteiger partial charge in [-0.25, -0.2) is 0 Å². The molecule has 0 aliphatic carbocycles. The number of imide groups is 1. The molecule has 0 bridgehead atoms. The van der Waals surface area contributed by atoms with Crippen LogP contribution in [0.15, 0.2) is 58.4 Å². The van der Waals surface area contributed by atoms with E-state index >= 15 is 0 Å². The number of hydrogen-bond acceptors (Lipinski definition) is 6. The molecule has 0 saturated carbocycles. The van der Waals surface area contributed by atoms with Crippen molar-refractivity contribution in [2.45, 2.75) is 22.7 Å². The highest BCUT2D eigenvalue weighted by atomic mass is 35.5. The molecular formula is C22H15Cl2N3O4S2. The van der Waals surface area contributed by atoms with Gasteiger partial charge in [-0.1, -0.05) is 58.4 Å². The van der Waals surface area contributed by atoms with Crippen molar-refractivity contribution in [1.82, 2.24) is 9.88 Å². The first-order chi connectivity index (χ1) is 15.8. The molecule has 0 radical (unpaired) electrons. The molecule has 3 amide bonds. The van der Waals surface area contributed by atoms with E-state index in [0.717, 1.165) is 28.7 Å². The zero-order valence-corrected chi connectivity index (χ0v) is 19.9. The predicted molar refractivity (Wildman–Crippen MR) is 128 cm³/mol. The fourth-order valence-corrected chi connectivity index (χ4v) is 7.07. The summed E-state index contributed by atoms with van der Waals surface area (Å²) >= 11 is 14.1. The Labute approximate surface area is 206 Å². The first-order valence-corrected chi connectivity index (χ1v) is 12.3. The van der Waals surface area contributed by atoms with E-state index in [0.29, 0.717) is 25.6 Å². The molecule has 7 nitrogen and oxygen atoms in total. The Morgan fingerprint density at radius 2 is 1.61 bits per heavy atom. The number of carbonyl (C=O) groups excluding carboxylic acids is 3. The molecule has 5 rings (SSSR count). The third kappa shape index (κ3) is 4.10. The lowest BCUT2D eigenvalue weighted by Gasteiger charge is -2.30. The van der Waals surface area contributed by atoms with Gasteiger partial charge < -0.3 is 5.32 Å². The minimum atomic E-state index is -0.690. The first kappa shape index (κ1) is 22.2. The summed E-state index contributed by atoms with van der Waals surface area (Å²) in [7, 11) is 0. The van der Waals surface area contributed by atoms with E-state index in [1.54, 1.807) is 48.5 Å². The number of anilines is 1. The van der Waals surface area contributed by atoms with E-state index in [9.17, 15) is 19.2 Å². The van der Waals surface area contributed by atoms with Gasteiger partial charge in [0.05, 0.1) is 10.9 Å². The number of aromatic nitrogens is 1. The molecule has 1 aromatic heterocycles. The van der Waals surface area contributed by atoms with Crippen LogP contribution < -0.4 is 15.5 Å². The molecule has 33 heavy (non-hydrogen) atoms. The average Bonchev–Trinajstić information content (AvgIpc) is 3.24. The minimum Gasteiger partial charge on any atom is -0.325 e. The Balaban J connectivity index is 1.52. The number of benzene rings is 2. The minimum absolute atomic E-state index is 0.222. The highest BCUT2D eigenvalue weighted by Gasteiger charge is 2.52. The van der Waals surface area contributed by atoms with Gasteiger partial charge in [-0.05, 0) is 42.0 Å². The lowest BCUT2D eigenvalue weighted by Crippen LogP contribution is -2.32. The van der Waals surface area contributed by atoms with Gasteiger partial charge in [0.2, 0.25) is 17.7 Å². The lowest BCUT2D eigenvalue weighted by atomic mass is 9.83. The van der Waals surface area contributed by atoms with Gasteiger partial charge in [0.1, 0.15) is 11.8 Å². The molecule has 168 valence electrons. The van der Waals surface area contributed by atoms with Gasteiger partial charge in [-0.15, -0.1) is 0 Å². The van der Waals surface area contributed by atoms with Crippen molar-refractivity contribution in [1.29, 1.82) is 0 Å². The highest BCUT2D eigenvalue weighted by Crippen LogP contribution is 2.51. The van der Waals surface area contributed by atoms with E-state index in [2.05, 4.69) is 10.6 Å². The largest absolute Gasteiger partial charge is 0.325 e. The van der Waals surface area contributed by atoms with Crippen molar-refractivity contribution in [3.63, 3.8) is 0 Å². The molecule has 1 fully saturated rings. The normalized spacial score (nSPS) is 21.3. The van der Waals surface area contributed by atoms with Crippen LogP contribution in [0.1, 0.15) is 16.4 Å². The number of rotatable bonds is 4. The predicted octanol–water partition coefficient (Wildman–Crippen LogP) is 3.73. The number of nitrogens with zero attached hydrogens (tertiary/aromatic N) is 1. The number of carbonyl (C=O) groups is 3. The van der Waals surface area contributed by atoms with Crippen LogP contribution in [0.3, 0.4) is 0 Å². The summed E-state index contributed by atoms with van der Waals surface area (Å²) in [5.74, 6) is -2.29. The van der Waals surface area contributed by atoms with Crippen molar-refractivity contribution < 1.29 is 14.4 Å². The third-order valence-corrected chi connectivity index (χ3v) is 8.67. The average molecular weight is 520 g/mol. The summed E-state index contributed by atoms with van der Waals surface area (Å²) in [4.78, 5) is 51.1. The molecule has 0 spiro atoms. The summed E-state index contributed by atoms with van der Waals surface area (Å²) in [5.41, 5.74) is 1.33. The molecule has 3 atom stereocenters. The fourth-order valence-electron chi connectivity index (χ4n) is 4.08. The Hall–Kier alpha value is -2.59. The lowest BCUT2D eigenvalue weighted by molar-refractivity contribution is -0.126. The van der Waals surface area contributed by atoms with E-state index in [1.807, 2.05) is 0 Å². The smallest absolute Gasteiger partial charge is 0.308 e. The zero-order chi connectivity index (χ0) is 23.3. The van der Waals surface area contributed by atoms with Gasteiger partial charge >= 0.3 is 4.87 Å². The van der Waals surface area contributed by atoms with Gasteiger partial charge in [0.25, 0.3) is 0 Å². The molecular weight excluding hydrogens is 505 g/mol. The van der Waals surface area contributed by atoms with E-state index in [4.69, 9.17) is 23.2 Å². The van der Waals surface area contributed by atoms with Gasteiger partial charge in [0.15, 0.2) is 0 Å². The van der Waals surface area contributed by atoms with Crippen molar-refractivity contribution in [2.24, 2.45) is 5.92 Å². The topological polar surface area (TPSA) is 97.3 Å². The summed E-state index contributed by atoms with van der Waals surface area (Å²) < 4.78 is 1.37. The Morgan fingerprint density at radius 1 is 0.970 bits per heavy atom. The van der Waals surface area contributed by atoms with Crippen molar-refractivity contribution in [2.75, 3.05) is 5.32 Å². The summed E-state index contributed by atoms with van der Waals surface area (Å²) in [6.07, 6.45) is 0. The standard InChI is InChI=1S/C22H15Cl2N3O4S2/c23-11-3-1-10(2-4-11)15-16-17(20(30)26-19(16)29)32-21-18(15)33-22(31)27(21)9-14(28)25-13-7-5-12(24)6-8-13/h1-8,15-17H,9H2,(H,25,28)(H,26,29,30)/t15-,16?,17?/m0/s1. The highest BCUT2D eigenvalue weighted by molar-refractivity contribution is 8.00. The second kappa shape index (κ2) is 8.64. The maximum absolute atomic E-state index is 12.9. The molecule has 2 unspecified atom stereocenters. The number of hydrogen-bond donors (Lipinski definition) is 2. The van der Waals surface area contributed by atoms with Crippen LogP contribution in [0.4, 0.5) is 5.69 Å². The van der Waals surface area contributed by atoms with Gasteiger partial charge in [0, 0.05) is 26.5 Å². The maximum Gasteiger partial charge on any atom is 0.308 e. The number of thioether (sulfide) groups is 1. The molecule has 3 heterocycles. The van der Waals surface area contributed by atoms with Gasteiger partial charge in [-0.2, -0.15) is 0 Å². The molecule has 1 saturated heterocycles. The number of amides is 3. The van der Waals surface area contributed by atoms with Crippen LogP contribution in [-0.2, 0) is 20.9 Å². The first-order valence-electron chi connectivity index (χ1n) is 9.87. The van der Waals surface area contributed by atoms with Crippen LogP contribution in [0.5, 0.6) is 0 Å². The second-order valence-corrected chi connectivity index (χ2v) is 10.6. The number of thiazole rings is 1. The number of fused-ring (bicyclic) bond motifs is 2. The Kier molecular flexibility index (Phi) is 5.82. The van der Waals surface area contributed by atoms with E-state index in [1.165, 1.54) is 4.57 Å². The quantitative estimate of drug-likeness (QED) is 0.511. The Bertz CT molecular complexity index is 1340. The van der Waals surface area contributed by atoms with Crippen LogP contribution >= 0.6 is 46.3 Å². The molecule has 2 N–H and O–H groups in total. The van der Waals surface area contributed by atoms with Gasteiger partial charge in [-0.3, -0.25) is 29.1 Å². The van der Waals surface area contributed by atoms with E-state index < -0.39 is 28.9 Å². The van der Waals surface area contributed by atoms with Crippen LogP contribution in [0.2, 0.25) is 10.0 Å². The van der Waals surface area contributed by atoms with Crippen molar-refractivity contribution in [3.8, 4) is 0 Å². The number of nitrogens with one attached hydrogen (secondary N) is 2. The summed E-state index contributed by atoms with van der Waals surface area (Å²) in [6.45, 7) is -0.222. The summed E-state index contributed by atoms with van der Waals surface area (Å²) in [6, 6.07) is 13.6. The van der Waals surface area contributed by atoms with Crippen molar-refractivity contribution in [3.05, 3.63) is 78.7 Å².